The Labute approximate surface area is 130 Å². The van der Waals surface area contributed by atoms with Crippen molar-refractivity contribution < 1.29 is 14.7 Å². The molecule has 2 rings (SSSR count). The van der Waals surface area contributed by atoms with E-state index in [9.17, 15) is 14.7 Å². The summed E-state index contributed by atoms with van der Waals surface area (Å²) < 4.78 is 0. The molecule has 2 aliphatic rings. The van der Waals surface area contributed by atoms with E-state index in [1.165, 1.54) is 0 Å². The third-order valence-electron chi connectivity index (χ3n) is 4.70. The molecule has 0 aliphatic carbocycles. The molecule has 2 atom stereocenters. The summed E-state index contributed by atoms with van der Waals surface area (Å²) in [6, 6.07) is -0.656. The van der Waals surface area contributed by atoms with Crippen LogP contribution in [0, 0.1) is 5.41 Å². The van der Waals surface area contributed by atoms with Gasteiger partial charge in [-0.05, 0) is 38.8 Å². The summed E-state index contributed by atoms with van der Waals surface area (Å²) in [4.78, 5) is 26.4. The zero-order valence-electron chi connectivity index (χ0n) is 12.9. The summed E-state index contributed by atoms with van der Waals surface area (Å²) in [5.74, 6) is -0.275. The Balaban J connectivity index is 2.26. The molecule has 21 heavy (non-hydrogen) atoms. The molecule has 6 heteroatoms. The highest BCUT2D eigenvalue weighted by Gasteiger charge is 2.49. The zero-order chi connectivity index (χ0) is 15.5. The van der Waals surface area contributed by atoms with Crippen LogP contribution >= 0.6 is 11.8 Å². The lowest BCUT2D eigenvalue weighted by molar-refractivity contribution is -0.156. The minimum atomic E-state index is -0.868. The lowest BCUT2D eigenvalue weighted by atomic mass is 9.74. The lowest BCUT2D eigenvalue weighted by Gasteiger charge is -2.41. The van der Waals surface area contributed by atoms with Crippen LogP contribution in [0.25, 0.3) is 0 Å². The van der Waals surface area contributed by atoms with E-state index in [0.29, 0.717) is 5.75 Å². The van der Waals surface area contributed by atoms with Gasteiger partial charge in [0, 0.05) is 5.75 Å². The van der Waals surface area contributed by atoms with E-state index in [1.807, 2.05) is 6.92 Å². The van der Waals surface area contributed by atoms with Gasteiger partial charge in [0.25, 0.3) is 0 Å². The average molecular weight is 314 g/mol. The number of thioether (sulfide) groups is 1. The van der Waals surface area contributed by atoms with Crippen LogP contribution in [-0.2, 0) is 9.59 Å². The van der Waals surface area contributed by atoms with Gasteiger partial charge in [-0.2, -0.15) is 0 Å². The predicted molar refractivity (Wildman–Crippen MR) is 84.3 cm³/mol. The Hall–Kier alpha value is -0.750. The monoisotopic (exact) mass is 314 g/mol. The summed E-state index contributed by atoms with van der Waals surface area (Å²) >= 11 is 1.60. The van der Waals surface area contributed by atoms with E-state index in [0.717, 1.165) is 45.2 Å². The molecule has 0 aromatic carbocycles. The first-order valence-electron chi connectivity index (χ1n) is 7.93. The van der Waals surface area contributed by atoms with E-state index >= 15 is 0 Å². The highest BCUT2D eigenvalue weighted by atomic mass is 32.2. The molecular formula is C15H26N2O3S. The van der Waals surface area contributed by atoms with Gasteiger partial charge >= 0.3 is 5.97 Å². The standard InChI is InChI=1S/C15H26N2O3S/c1-3-5-15(6-8-16-9-7-15)14(20)17-11(13(18)19)10-21-12(17)4-2/h11-12,16H,3-10H2,1-2H3,(H,18,19). The minimum absolute atomic E-state index is 0.0159. The van der Waals surface area contributed by atoms with E-state index < -0.39 is 12.0 Å². The average Bonchev–Trinajstić information content (AvgIpc) is 2.91. The lowest BCUT2D eigenvalue weighted by Crippen LogP contribution is -2.54. The van der Waals surface area contributed by atoms with Gasteiger partial charge < -0.3 is 15.3 Å². The quantitative estimate of drug-likeness (QED) is 0.811. The third-order valence-corrected chi connectivity index (χ3v) is 6.16. The number of carboxylic acids is 1. The van der Waals surface area contributed by atoms with Gasteiger partial charge in [-0.1, -0.05) is 20.3 Å². The second kappa shape index (κ2) is 7.01. The summed E-state index contributed by atoms with van der Waals surface area (Å²) in [5, 5.41) is 12.8. The first kappa shape index (κ1) is 16.6. The molecule has 120 valence electrons. The number of carbonyl (C=O) groups excluding carboxylic acids is 1. The van der Waals surface area contributed by atoms with Crippen LogP contribution in [0.3, 0.4) is 0 Å². The highest BCUT2D eigenvalue weighted by molar-refractivity contribution is 8.00. The normalized spacial score (nSPS) is 28.6. The van der Waals surface area contributed by atoms with Crippen molar-refractivity contribution >= 4 is 23.6 Å². The molecule has 0 saturated carbocycles. The third kappa shape index (κ3) is 3.21. The molecule has 0 bridgehead atoms. The summed E-state index contributed by atoms with van der Waals surface area (Å²) in [6.45, 7) is 5.82. The van der Waals surface area contributed by atoms with Crippen molar-refractivity contribution in [2.75, 3.05) is 18.8 Å². The predicted octanol–water partition coefficient (Wildman–Crippen LogP) is 1.92. The number of aliphatic carboxylic acids is 1. The fourth-order valence-electron chi connectivity index (χ4n) is 3.57. The van der Waals surface area contributed by atoms with Gasteiger partial charge in [-0.25, -0.2) is 4.79 Å². The molecule has 2 fully saturated rings. The van der Waals surface area contributed by atoms with Crippen molar-refractivity contribution in [2.24, 2.45) is 5.41 Å². The van der Waals surface area contributed by atoms with Crippen LogP contribution in [0.4, 0.5) is 0 Å². The first-order chi connectivity index (χ1) is 10.1. The molecule has 1 amide bonds. The van der Waals surface area contributed by atoms with Gasteiger partial charge in [-0.15, -0.1) is 11.8 Å². The van der Waals surface area contributed by atoms with Gasteiger partial charge in [-0.3, -0.25) is 4.79 Å². The van der Waals surface area contributed by atoms with Crippen LogP contribution in [-0.4, -0.2) is 52.1 Å². The molecule has 2 N–H and O–H groups in total. The highest BCUT2D eigenvalue weighted by Crippen LogP contribution is 2.41. The van der Waals surface area contributed by atoms with Gasteiger partial charge in [0.15, 0.2) is 0 Å². The fourth-order valence-corrected chi connectivity index (χ4v) is 4.92. The molecule has 0 spiro atoms. The fraction of sp³-hybridized carbons (Fsp3) is 0.867. The Kier molecular flexibility index (Phi) is 5.54. The van der Waals surface area contributed by atoms with E-state index in [-0.39, 0.29) is 16.7 Å². The maximum Gasteiger partial charge on any atom is 0.327 e. The summed E-state index contributed by atoms with van der Waals surface area (Å²) in [5.41, 5.74) is -0.355. The van der Waals surface area contributed by atoms with E-state index in [4.69, 9.17) is 0 Å². The Morgan fingerprint density at radius 1 is 1.33 bits per heavy atom. The van der Waals surface area contributed by atoms with Crippen molar-refractivity contribution in [3.8, 4) is 0 Å². The molecule has 0 aromatic rings. The van der Waals surface area contributed by atoms with Gasteiger partial charge in [0.05, 0.1) is 10.8 Å². The SMILES string of the molecule is CCCC1(C(=O)N2C(CC)SCC2C(=O)O)CCNCC1. The molecule has 2 heterocycles. The largest absolute Gasteiger partial charge is 0.480 e. The summed E-state index contributed by atoms with van der Waals surface area (Å²) in [7, 11) is 0. The smallest absolute Gasteiger partial charge is 0.327 e. The molecular weight excluding hydrogens is 288 g/mol. The van der Waals surface area contributed by atoms with Crippen LogP contribution in [0.5, 0.6) is 0 Å². The number of hydrogen-bond donors (Lipinski definition) is 2. The number of rotatable bonds is 5. The maximum absolute atomic E-state index is 13.2. The molecule has 5 nitrogen and oxygen atoms in total. The van der Waals surface area contributed by atoms with Gasteiger partial charge in [0.1, 0.15) is 6.04 Å². The topological polar surface area (TPSA) is 69.6 Å². The second-order valence-corrected chi connectivity index (χ2v) is 7.25. The van der Waals surface area contributed by atoms with Crippen LogP contribution in [0.15, 0.2) is 0 Å². The Morgan fingerprint density at radius 3 is 2.52 bits per heavy atom. The first-order valence-corrected chi connectivity index (χ1v) is 8.98. The van der Waals surface area contributed by atoms with Gasteiger partial charge in [0.2, 0.25) is 5.91 Å². The number of amides is 1. The van der Waals surface area contributed by atoms with Crippen molar-refractivity contribution in [3.05, 3.63) is 0 Å². The van der Waals surface area contributed by atoms with Crippen LogP contribution < -0.4 is 5.32 Å². The number of carbonyl (C=O) groups is 2. The van der Waals surface area contributed by atoms with Crippen molar-refractivity contribution in [2.45, 2.75) is 57.4 Å². The molecule has 2 saturated heterocycles. The molecule has 0 aromatic heterocycles. The van der Waals surface area contributed by atoms with E-state index in [2.05, 4.69) is 12.2 Å². The minimum Gasteiger partial charge on any atom is -0.480 e. The maximum atomic E-state index is 13.2. The van der Waals surface area contributed by atoms with E-state index in [1.54, 1.807) is 16.7 Å². The van der Waals surface area contributed by atoms with Crippen molar-refractivity contribution in [3.63, 3.8) is 0 Å². The summed E-state index contributed by atoms with van der Waals surface area (Å²) in [6.07, 6.45) is 4.27. The number of carboxylic acid groups (broad SMARTS) is 1. The second-order valence-electron chi connectivity index (χ2n) is 6.04. The molecule has 2 unspecified atom stereocenters. The molecule has 0 radical (unpaired) electrons. The Bertz CT molecular complexity index is 391. The molecule has 2 aliphatic heterocycles. The van der Waals surface area contributed by atoms with Crippen molar-refractivity contribution in [1.82, 2.24) is 10.2 Å². The number of nitrogens with one attached hydrogen (secondary N) is 1. The number of nitrogens with zero attached hydrogens (tertiary/aromatic N) is 1. The Morgan fingerprint density at radius 2 is 2.00 bits per heavy atom. The van der Waals surface area contributed by atoms with Crippen molar-refractivity contribution in [1.29, 1.82) is 0 Å². The van der Waals surface area contributed by atoms with Crippen LogP contribution in [0.1, 0.15) is 46.0 Å². The zero-order valence-corrected chi connectivity index (χ0v) is 13.7. The van der Waals surface area contributed by atoms with Crippen LogP contribution in [0.2, 0.25) is 0 Å². The number of piperidine rings is 1. The number of hydrogen-bond acceptors (Lipinski definition) is 4.